The van der Waals surface area contributed by atoms with Crippen LogP contribution < -0.4 is 4.90 Å². The molecule has 0 aromatic heterocycles. The number of aryl methyl sites for hydroxylation is 1. The number of hydrogen-bond donors (Lipinski definition) is 0. The smallest absolute Gasteiger partial charge is 0.307 e. The van der Waals surface area contributed by atoms with Crippen molar-refractivity contribution in [3.05, 3.63) is 29.8 Å². The zero-order valence-electron chi connectivity index (χ0n) is 10.4. The van der Waals surface area contributed by atoms with E-state index in [1.807, 2.05) is 6.92 Å². The summed E-state index contributed by atoms with van der Waals surface area (Å²) >= 11 is 5.34. The average Bonchev–Trinajstić information content (AvgIpc) is 2.40. The Labute approximate surface area is 115 Å². The van der Waals surface area contributed by atoms with E-state index in [1.165, 1.54) is 0 Å². The van der Waals surface area contributed by atoms with E-state index in [9.17, 15) is 18.4 Å². The first-order chi connectivity index (χ1) is 8.95. The predicted molar refractivity (Wildman–Crippen MR) is 69.9 cm³/mol. The molecule has 0 unspecified atom stereocenters. The Morgan fingerprint density at radius 2 is 1.84 bits per heavy atom. The summed E-state index contributed by atoms with van der Waals surface area (Å²) in [7, 11) is 0. The summed E-state index contributed by atoms with van der Waals surface area (Å²) in [6.07, 6.45) is -3.15. The molecule has 0 fully saturated rings. The molecule has 1 aromatic rings. The van der Waals surface area contributed by atoms with Gasteiger partial charge in [0.05, 0.1) is 5.88 Å². The van der Waals surface area contributed by atoms with Gasteiger partial charge in [0.25, 0.3) is 5.91 Å². The van der Waals surface area contributed by atoms with Crippen LogP contribution >= 0.6 is 11.6 Å². The number of hydrogen-bond acceptors (Lipinski definition) is 2. The third-order valence-corrected chi connectivity index (χ3v) is 2.86. The van der Waals surface area contributed by atoms with Gasteiger partial charge in [-0.3, -0.25) is 9.59 Å². The van der Waals surface area contributed by atoms with Crippen LogP contribution in [0.1, 0.15) is 12.0 Å². The lowest BCUT2D eigenvalue weighted by molar-refractivity contribution is -0.129. The number of anilines is 1. The first-order valence-corrected chi connectivity index (χ1v) is 6.23. The van der Waals surface area contributed by atoms with Gasteiger partial charge in [-0.15, -0.1) is 11.6 Å². The molecule has 104 valence electrons. The lowest BCUT2D eigenvalue weighted by Gasteiger charge is -2.22. The molecule has 1 aromatic carbocycles. The molecule has 0 aliphatic carbocycles. The summed E-state index contributed by atoms with van der Waals surface area (Å²) in [5.41, 5.74) is 1.29. The Balaban J connectivity index is 2.88. The summed E-state index contributed by atoms with van der Waals surface area (Å²) in [5.74, 6) is -1.79. The summed E-state index contributed by atoms with van der Waals surface area (Å²) in [4.78, 5) is 23.5. The number of carbonyl (C=O) groups is 2. The Kier molecular flexibility index (Phi) is 5.89. The van der Waals surface area contributed by atoms with E-state index in [4.69, 9.17) is 11.6 Å². The van der Waals surface area contributed by atoms with Gasteiger partial charge in [0, 0.05) is 18.7 Å². The third kappa shape index (κ3) is 4.59. The van der Waals surface area contributed by atoms with Gasteiger partial charge in [-0.2, -0.15) is 8.78 Å². The van der Waals surface area contributed by atoms with Gasteiger partial charge in [0.1, 0.15) is 5.78 Å². The van der Waals surface area contributed by atoms with E-state index in [1.54, 1.807) is 24.3 Å². The minimum Gasteiger partial charge on any atom is -0.307 e. The minimum absolute atomic E-state index is 0.0458. The third-order valence-electron chi connectivity index (χ3n) is 2.56. The van der Waals surface area contributed by atoms with E-state index in [0.29, 0.717) is 5.69 Å². The van der Waals surface area contributed by atoms with Crippen molar-refractivity contribution in [3.8, 4) is 0 Å². The molecule has 19 heavy (non-hydrogen) atoms. The number of amides is 1. The molecule has 0 spiro atoms. The second kappa shape index (κ2) is 7.19. The molecule has 0 saturated carbocycles. The van der Waals surface area contributed by atoms with Crippen LogP contribution in [-0.4, -0.2) is 30.5 Å². The van der Waals surface area contributed by atoms with Gasteiger partial charge < -0.3 is 4.90 Å². The molecule has 0 saturated heterocycles. The van der Waals surface area contributed by atoms with Crippen molar-refractivity contribution in [3.63, 3.8) is 0 Å². The quantitative estimate of drug-likeness (QED) is 0.755. The van der Waals surface area contributed by atoms with Crippen molar-refractivity contribution in [2.24, 2.45) is 0 Å². The second-order valence-corrected chi connectivity index (χ2v) is 4.32. The molecule has 0 heterocycles. The number of alkyl halides is 3. The maximum Gasteiger partial charge on any atom is 0.316 e. The number of rotatable bonds is 6. The molecule has 0 aliphatic heterocycles. The first kappa shape index (κ1) is 15.6. The first-order valence-electron chi connectivity index (χ1n) is 5.69. The monoisotopic (exact) mass is 289 g/mol. The summed E-state index contributed by atoms with van der Waals surface area (Å²) in [5, 5.41) is 0. The van der Waals surface area contributed by atoms with E-state index >= 15 is 0 Å². The summed E-state index contributed by atoms with van der Waals surface area (Å²) in [6.45, 7) is 1.75. The van der Waals surface area contributed by atoms with Crippen LogP contribution in [0.25, 0.3) is 0 Å². The largest absolute Gasteiger partial charge is 0.316 e. The Bertz CT molecular complexity index is 448. The Hall–Kier alpha value is -1.49. The maximum absolute atomic E-state index is 12.5. The van der Waals surface area contributed by atoms with Crippen LogP contribution in [0.5, 0.6) is 0 Å². The van der Waals surface area contributed by atoms with Crippen molar-refractivity contribution < 1.29 is 18.4 Å². The van der Waals surface area contributed by atoms with Crippen LogP contribution in [0.15, 0.2) is 24.3 Å². The van der Waals surface area contributed by atoms with Crippen LogP contribution in [0.4, 0.5) is 14.5 Å². The van der Waals surface area contributed by atoms with E-state index in [2.05, 4.69) is 0 Å². The van der Waals surface area contributed by atoms with E-state index in [-0.39, 0.29) is 24.6 Å². The van der Waals surface area contributed by atoms with Gasteiger partial charge in [-0.25, -0.2) is 0 Å². The molecule has 1 amide bonds. The fourth-order valence-corrected chi connectivity index (χ4v) is 1.65. The highest BCUT2D eigenvalue weighted by molar-refractivity contribution is 6.27. The zero-order chi connectivity index (χ0) is 14.4. The van der Waals surface area contributed by atoms with Crippen molar-refractivity contribution in [2.75, 3.05) is 17.3 Å². The van der Waals surface area contributed by atoms with Gasteiger partial charge in [-0.1, -0.05) is 17.7 Å². The predicted octanol–water partition coefficient (Wildman–Crippen LogP) is 2.79. The molecule has 0 aliphatic rings. The van der Waals surface area contributed by atoms with Crippen LogP contribution in [0, 0.1) is 6.92 Å². The number of benzene rings is 1. The molecule has 1 rings (SSSR count). The lowest BCUT2D eigenvalue weighted by atomic mass is 10.2. The fourth-order valence-electron chi connectivity index (χ4n) is 1.51. The van der Waals surface area contributed by atoms with Gasteiger partial charge in [-0.05, 0) is 19.1 Å². The standard InChI is InChI=1S/C13H14ClF2NO2/c1-9-2-4-10(5-3-9)17(13(19)12(15)16)7-6-11(18)8-14/h2-5,12H,6-8H2,1H3. The van der Waals surface area contributed by atoms with Gasteiger partial charge in [0.15, 0.2) is 0 Å². The molecule has 0 atom stereocenters. The molecule has 0 bridgehead atoms. The maximum atomic E-state index is 12.5. The lowest BCUT2D eigenvalue weighted by Crippen LogP contribution is -2.37. The molecular weight excluding hydrogens is 276 g/mol. The summed E-state index contributed by atoms with van der Waals surface area (Å²) < 4.78 is 25.1. The fraction of sp³-hybridized carbons (Fsp3) is 0.385. The van der Waals surface area contributed by atoms with Crippen LogP contribution in [0.3, 0.4) is 0 Å². The van der Waals surface area contributed by atoms with Crippen LogP contribution in [-0.2, 0) is 9.59 Å². The molecule has 3 nitrogen and oxygen atoms in total. The summed E-state index contributed by atoms with van der Waals surface area (Å²) in [6, 6.07) is 6.57. The average molecular weight is 290 g/mol. The highest BCUT2D eigenvalue weighted by Gasteiger charge is 2.24. The number of ketones is 1. The Morgan fingerprint density at radius 3 is 2.32 bits per heavy atom. The van der Waals surface area contributed by atoms with Crippen molar-refractivity contribution in [2.45, 2.75) is 19.8 Å². The molecule has 0 radical (unpaired) electrons. The molecular formula is C13H14ClF2NO2. The van der Waals surface area contributed by atoms with Crippen molar-refractivity contribution in [1.29, 1.82) is 0 Å². The van der Waals surface area contributed by atoms with E-state index in [0.717, 1.165) is 10.5 Å². The highest BCUT2D eigenvalue weighted by atomic mass is 35.5. The van der Waals surface area contributed by atoms with Gasteiger partial charge in [0.2, 0.25) is 0 Å². The normalized spacial score (nSPS) is 10.6. The number of halogens is 3. The Morgan fingerprint density at radius 1 is 1.26 bits per heavy atom. The minimum atomic E-state index is -3.10. The van der Waals surface area contributed by atoms with Crippen molar-refractivity contribution >= 4 is 29.0 Å². The second-order valence-electron chi connectivity index (χ2n) is 4.05. The number of Topliss-reactive ketones (excluding diaryl/α,β-unsaturated/α-hetero) is 1. The zero-order valence-corrected chi connectivity index (χ0v) is 11.2. The SMILES string of the molecule is Cc1ccc(N(CCC(=O)CCl)C(=O)C(F)F)cc1. The van der Waals surface area contributed by atoms with E-state index < -0.39 is 12.3 Å². The molecule has 6 heteroatoms. The topological polar surface area (TPSA) is 37.4 Å². The number of carbonyl (C=O) groups excluding carboxylic acids is 2. The highest BCUT2D eigenvalue weighted by Crippen LogP contribution is 2.18. The number of nitrogens with zero attached hydrogens (tertiary/aromatic N) is 1. The molecule has 0 N–H and O–H groups in total. The van der Waals surface area contributed by atoms with Crippen molar-refractivity contribution in [1.82, 2.24) is 0 Å². The van der Waals surface area contributed by atoms with Gasteiger partial charge >= 0.3 is 6.43 Å². The van der Waals surface area contributed by atoms with Crippen LogP contribution in [0.2, 0.25) is 0 Å².